The molecule has 0 bridgehead atoms. The van der Waals surface area contributed by atoms with E-state index in [1.165, 1.54) is 11.7 Å². The Hall–Kier alpha value is -2.64. The maximum atomic E-state index is 13.2. The second-order valence-electron chi connectivity index (χ2n) is 8.67. The van der Waals surface area contributed by atoms with Gasteiger partial charge in [0.05, 0.1) is 17.5 Å². The molecule has 1 heterocycles. The lowest BCUT2D eigenvalue weighted by Gasteiger charge is -2.29. The third-order valence-corrected chi connectivity index (χ3v) is 6.68. The van der Waals surface area contributed by atoms with Crippen LogP contribution >= 0.6 is 11.6 Å². The highest BCUT2D eigenvalue weighted by molar-refractivity contribution is 6.30. The third kappa shape index (κ3) is 5.84. The lowest BCUT2D eigenvalue weighted by Crippen LogP contribution is -2.49. The largest absolute Gasteiger partial charge is 0.467 e. The fourth-order valence-corrected chi connectivity index (χ4v) is 4.78. The average molecular weight is 475 g/mol. The van der Waals surface area contributed by atoms with Gasteiger partial charge in [0, 0.05) is 38.9 Å². The molecule has 1 aromatic heterocycles. The second kappa shape index (κ2) is 11.0. The van der Waals surface area contributed by atoms with Crippen molar-refractivity contribution in [1.29, 1.82) is 0 Å². The first kappa shape index (κ1) is 25.0. The van der Waals surface area contributed by atoms with Crippen LogP contribution in [0, 0.1) is 5.41 Å². The molecule has 1 atom stereocenters. The molecule has 0 unspecified atom stereocenters. The standard InChI is InChI=1S/C25H31ClN2O5/c1-28-16-19(26)15-20(22(28)29)18-8-6-17(7-9-18)14-21(23(30)33-3)27-24(31)25(12-13-32-2)10-4-5-11-25/h6-9,15-16,21H,4-5,10-14H2,1-3H3,(H,27,31)/t21-/m0/s1. The van der Waals surface area contributed by atoms with E-state index in [9.17, 15) is 14.4 Å². The first-order valence-corrected chi connectivity index (χ1v) is 11.5. The number of benzene rings is 1. The van der Waals surface area contributed by atoms with Crippen molar-refractivity contribution in [3.8, 4) is 11.1 Å². The summed E-state index contributed by atoms with van der Waals surface area (Å²) in [7, 11) is 4.59. The van der Waals surface area contributed by atoms with E-state index in [0.717, 1.165) is 36.8 Å². The Morgan fingerprint density at radius 3 is 2.45 bits per heavy atom. The predicted molar refractivity (Wildman–Crippen MR) is 127 cm³/mol. The van der Waals surface area contributed by atoms with Crippen LogP contribution < -0.4 is 10.9 Å². The van der Waals surface area contributed by atoms with Crippen molar-refractivity contribution in [2.75, 3.05) is 20.8 Å². The summed E-state index contributed by atoms with van der Waals surface area (Å²) in [6.45, 7) is 0.501. The highest BCUT2D eigenvalue weighted by Crippen LogP contribution is 2.41. The van der Waals surface area contributed by atoms with Crippen LogP contribution in [-0.2, 0) is 32.5 Å². The number of esters is 1. The monoisotopic (exact) mass is 474 g/mol. The van der Waals surface area contributed by atoms with Crippen molar-refractivity contribution >= 4 is 23.5 Å². The van der Waals surface area contributed by atoms with Gasteiger partial charge in [-0.05, 0) is 36.5 Å². The lowest BCUT2D eigenvalue weighted by atomic mass is 9.81. The van der Waals surface area contributed by atoms with Crippen LogP contribution in [-0.4, -0.2) is 43.3 Å². The minimum Gasteiger partial charge on any atom is -0.467 e. The fourth-order valence-electron chi connectivity index (χ4n) is 4.52. The van der Waals surface area contributed by atoms with E-state index in [0.29, 0.717) is 23.6 Å². The quantitative estimate of drug-likeness (QED) is 0.562. The Labute approximate surface area is 199 Å². The smallest absolute Gasteiger partial charge is 0.328 e. The van der Waals surface area contributed by atoms with Crippen molar-refractivity contribution < 1.29 is 19.1 Å². The zero-order chi connectivity index (χ0) is 24.0. The number of nitrogens with one attached hydrogen (secondary N) is 1. The number of rotatable bonds is 9. The zero-order valence-electron chi connectivity index (χ0n) is 19.4. The Bertz CT molecular complexity index is 1040. The Kier molecular flexibility index (Phi) is 8.32. The van der Waals surface area contributed by atoms with Gasteiger partial charge in [0.1, 0.15) is 6.04 Å². The van der Waals surface area contributed by atoms with Gasteiger partial charge in [-0.2, -0.15) is 0 Å². The molecule has 0 spiro atoms. The number of amides is 1. The number of hydrogen-bond acceptors (Lipinski definition) is 5. The summed E-state index contributed by atoms with van der Waals surface area (Å²) < 4.78 is 11.6. The Morgan fingerprint density at radius 2 is 1.85 bits per heavy atom. The van der Waals surface area contributed by atoms with Crippen LogP contribution in [0.2, 0.25) is 5.02 Å². The predicted octanol–water partition coefficient (Wildman–Crippen LogP) is 3.50. The van der Waals surface area contributed by atoms with Crippen molar-refractivity contribution in [2.24, 2.45) is 12.5 Å². The van der Waals surface area contributed by atoms with E-state index in [-0.39, 0.29) is 17.9 Å². The minimum atomic E-state index is -0.799. The molecule has 1 fully saturated rings. The molecule has 1 aromatic carbocycles. The van der Waals surface area contributed by atoms with Crippen LogP contribution in [0.1, 0.15) is 37.7 Å². The van der Waals surface area contributed by atoms with Gasteiger partial charge in [-0.15, -0.1) is 0 Å². The molecule has 1 aliphatic carbocycles. The van der Waals surface area contributed by atoms with Gasteiger partial charge in [0.15, 0.2) is 0 Å². The van der Waals surface area contributed by atoms with Gasteiger partial charge in [-0.25, -0.2) is 4.79 Å². The van der Waals surface area contributed by atoms with Crippen molar-refractivity contribution in [2.45, 2.75) is 44.6 Å². The number of aromatic nitrogens is 1. The van der Waals surface area contributed by atoms with Crippen LogP contribution in [0.5, 0.6) is 0 Å². The number of pyridine rings is 1. The van der Waals surface area contributed by atoms with Gasteiger partial charge in [-0.1, -0.05) is 48.7 Å². The van der Waals surface area contributed by atoms with Gasteiger partial charge in [0.25, 0.3) is 5.56 Å². The average Bonchev–Trinajstić information content (AvgIpc) is 3.30. The van der Waals surface area contributed by atoms with Crippen LogP contribution in [0.4, 0.5) is 0 Å². The van der Waals surface area contributed by atoms with Gasteiger partial charge in [-0.3, -0.25) is 9.59 Å². The van der Waals surface area contributed by atoms with E-state index < -0.39 is 17.4 Å². The van der Waals surface area contributed by atoms with E-state index in [1.807, 2.05) is 24.3 Å². The van der Waals surface area contributed by atoms with E-state index >= 15 is 0 Å². The summed E-state index contributed by atoms with van der Waals surface area (Å²) in [5.74, 6) is -0.609. The van der Waals surface area contributed by atoms with Gasteiger partial charge >= 0.3 is 5.97 Å². The number of aryl methyl sites for hydroxylation is 1. The summed E-state index contributed by atoms with van der Waals surface area (Å²) in [6, 6.07) is 8.15. The SMILES string of the molecule is COCCC1(C(=O)N[C@@H](Cc2ccc(-c3cc(Cl)cn(C)c3=O)cc2)C(=O)OC)CCCC1. The molecule has 33 heavy (non-hydrogen) atoms. The normalized spacial score (nSPS) is 15.8. The minimum absolute atomic E-state index is 0.119. The van der Waals surface area contributed by atoms with Crippen molar-refractivity contribution in [1.82, 2.24) is 9.88 Å². The summed E-state index contributed by atoms with van der Waals surface area (Å²) in [5, 5.41) is 3.41. The molecule has 178 valence electrons. The lowest BCUT2D eigenvalue weighted by molar-refractivity contribution is -0.146. The maximum Gasteiger partial charge on any atom is 0.328 e. The van der Waals surface area contributed by atoms with Gasteiger partial charge in [0.2, 0.25) is 5.91 Å². The number of carbonyl (C=O) groups excluding carboxylic acids is 2. The number of nitrogens with zero attached hydrogens (tertiary/aromatic N) is 1. The molecule has 1 aliphatic rings. The number of halogens is 1. The maximum absolute atomic E-state index is 13.2. The molecule has 1 N–H and O–H groups in total. The van der Waals surface area contributed by atoms with Crippen LogP contribution in [0.25, 0.3) is 11.1 Å². The van der Waals surface area contributed by atoms with Crippen molar-refractivity contribution in [3.05, 3.63) is 57.5 Å². The summed E-state index contributed by atoms with van der Waals surface area (Å²) >= 11 is 6.11. The van der Waals surface area contributed by atoms with Crippen LogP contribution in [0.15, 0.2) is 41.3 Å². The molecule has 7 nitrogen and oxygen atoms in total. The first-order valence-electron chi connectivity index (χ1n) is 11.1. The van der Waals surface area contributed by atoms with E-state index in [2.05, 4.69) is 5.32 Å². The highest BCUT2D eigenvalue weighted by Gasteiger charge is 2.42. The topological polar surface area (TPSA) is 86.6 Å². The molecule has 0 aliphatic heterocycles. The van der Waals surface area contributed by atoms with Crippen molar-refractivity contribution in [3.63, 3.8) is 0 Å². The summed E-state index contributed by atoms with van der Waals surface area (Å²) in [5.41, 5.74) is 1.41. The number of carbonyl (C=O) groups is 2. The number of hydrogen-bond donors (Lipinski definition) is 1. The first-order chi connectivity index (χ1) is 15.8. The summed E-state index contributed by atoms with van der Waals surface area (Å²) in [4.78, 5) is 38.1. The fraction of sp³-hybridized carbons (Fsp3) is 0.480. The Balaban J connectivity index is 1.78. The molecule has 0 radical (unpaired) electrons. The van der Waals surface area contributed by atoms with E-state index in [4.69, 9.17) is 21.1 Å². The molecule has 2 aromatic rings. The molecule has 3 rings (SSSR count). The molecule has 0 saturated heterocycles. The zero-order valence-corrected chi connectivity index (χ0v) is 20.1. The number of methoxy groups -OCH3 is 2. The van der Waals surface area contributed by atoms with E-state index in [1.54, 1.807) is 26.4 Å². The molecule has 8 heteroatoms. The third-order valence-electron chi connectivity index (χ3n) is 6.47. The van der Waals surface area contributed by atoms with Crippen LogP contribution in [0.3, 0.4) is 0 Å². The molecular formula is C25H31ClN2O5. The van der Waals surface area contributed by atoms with Gasteiger partial charge < -0.3 is 19.4 Å². The highest BCUT2D eigenvalue weighted by atomic mass is 35.5. The molecule has 1 saturated carbocycles. The molecular weight excluding hydrogens is 444 g/mol. The summed E-state index contributed by atoms with van der Waals surface area (Å²) in [6.07, 6.45) is 6.04. The molecule has 1 amide bonds. The number of ether oxygens (including phenoxy) is 2. The second-order valence-corrected chi connectivity index (χ2v) is 9.10. The Morgan fingerprint density at radius 1 is 1.18 bits per heavy atom.